The van der Waals surface area contributed by atoms with Gasteiger partial charge >= 0.3 is 0 Å². The highest BCUT2D eigenvalue weighted by molar-refractivity contribution is 9.10. The predicted octanol–water partition coefficient (Wildman–Crippen LogP) is 4.66. The summed E-state index contributed by atoms with van der Waals surface area (Å²) in [6, 6.07) is 8.99. The lowest BCUT2D eigenvalue weighted by molar-refractivity contribution is 0.447. The van der Waals surface area contributed by atoms with Crippen LogP contribution in [-0.4, -0.2) is 7.05 Å². The van der Waals surface area contributed by atoms with E-state index in [-0.39, 0.29) is 6.04 Å². The fourth-order valence-electron chi connectivity index (χ4n) is 1.70. The number of rotatable bonds is 3. The fraction of sp³-hybridized carbons (Fsp3) is 0.167. The smallest absolute Gasteiger partial charge is 0.169 e. The summed E-state index contributed by atoms with van der Waals surface area (Å²) < 4.78 is 6.21. The molecule has 0 saturated carbocycles. The molecule has 0 aliphatic heterocycles. The van der Waals surface area contributed by atoms with Crippen molar-refractivity contribution >= 4 is 39.1 Å². The molecule has 1 aromatic heterocycles. The SMILES string of the molecule is CNC(c1ccc(Br)o1)c1c(Cl)cccc1Cl. The molecule has 1 heterocycles. The maximum atomic E-state index is 6.18. The number of hydrogen-bond acceptors (Lipinski definition) is 2. The maximum Gasteiger partial charge on any atom is 0.169 e. The first-order valence-corrected chi connectivity index (χ1v) is 6.54. The highest BCUT2D eigenvalue weighted by Gasteiger charge is 2.21. The fourth-order valence-corrected chi connectivity index (χ4v) is 2.63. The van der Waals surface area contributed by atoms with Gasteiger partial charge in [-0.25, -0.2) is 0 Å². The van der Waals surface area contributed by atoms with Crippen LogP contribution in [0.5, 0.6) is 0 Å². The van der Waals surface area contributed by atoms with Crippen molar-refractivity contribution in [1.82, 2.24) is 5.32 Å². The van der Waals surface area contributed by atoms with Crippen molar-refractivity contribution in [1.29, 1.82) is 0 Å². The van der Waals surface area contributed by atoms with Gasteiger partial charge in [-0.1, -0.05) is 29.3 Å². The molecule has 2 nitrogen and oxygen atoms in total. The highest BCUT2D eigenvalue weighted by Crippen LogP contribution is 2.35. The van der Waals surface area contributed by atoms with Crippen molar-refractivity contribution in [3.63, 3.8) is 0 Å². The Morgan fingerprint density at radius 2 is 1.82 bits per heavy atom. The molecular weight excluding hydrogens is 325 g/mol. The molecule has 1 N–H and O–H groups in total. The summed E-state index contributed by atoms with van der Waals surface area (Å²) in [5, 5.41) is 4.38. The minimum atomic E-state index is -0.164. The Morgan fingerprint density at radius 1 is 1.18 bits per heavy atom. The Labute approximate surface area is 118 Å². The zero-order valence-electron chi connectivity index (χ0n) is 9.01. The van der Waals surface area contributed by atoms with Crippen LogP contribution in [-0.2, 0) is 0 Å². The predicted molar refractivity (Wildman–Crippen MR) is 73.8 cm³/mol. The summed E-state index contributed by atoms with van der Waals surface area (Å²) in [5.41, 5.74) is 0.820. The van der Waals surface area contributed by atoms with Crippen LogP contribution in [0.25, 0.3) is 0 Å². The zero-order valence-corrected chi connectivity index (χ0v) is 12.1. The third kappa shape index (κ3) is 2.68. The van der Waals surface area contributed by atoms with Gasteiger partial charge in [0.25, 0.3) is 0 Å². The highest BCUT2D eigenvalue weighted by atomic mass is 79.9. The van der Waals surface area contributed by atoms with Gasteiger partial charge in [-0.15, -0.1) is 0 Å². The summed E-state index contributed by atoms with van der Waals surface area (Å²) in [6.45, 7) is 0. The first-order valence-electron chi connectivity index (χ1n) is 5.00. The molecule has 1 atom stereocenters. The van der Waals surface area contributed by atoms with E-state index < -0.39 is 0 Å². The number of nitrogens with one attached hydrogen (secondary N) is 1. The molecule has 90 valence electrons. The summed E-state index contributed by atoms with van der Waals surface area (Å²) in [7, 11) is 1.83. The van der Waals surface area contributed by atoms with Crippen LogP contribution in [0.2, 0.25) is 10.0 Å². The van der Waals surface area contributed by atoms with Gasteiger partial charge in [0.1, 0.15) is 5.76 Å². The Morgan fingerprint density at radius 3 is 2.29 bits per heavy atom. The van der Waals surface area contributed by atoms with Gasteiger partial charge in [0.05, 0.1) is 6.04 Å². The van der Waals surface area contributed by atoms with Gasteiger partial charge in [-0.2, -0.15) is 0 Å². The lowest BCUT2D eigenvalue weighted by atomic mass is 10.0. The molecule has 0 aliphatic carbocycles. The van der Waals surface area contributed by atoms with Crippen molar-refractivity contribution in [2.45, 2.75) is 6.04 Å². The van der Waals surface area contributed by atoms with Crippen molar-refractivity contribution < 1.29 is 4.42 Å². The first-order chi connectivity index (χ1) is 8.13. The summed E-state index contributed by atoms with van der Waals surface area (Å²) in [5.74, 6) is 0.759. The second-order valence-corrected chi connectivity index (χ2v) is 5.09. The molecule has 2 aromatic rings. The van der Waals surface area contributed by atoms with E-state index in [1.54, 1.807) is 0 Å². The minimum absolute atomic E-state index is 0.164. The molecular formula is C12H10BrCl2NO. The topological polar surface area (TPSA) is 25.2 Å². The summed E-state index contributed by atoms with van der Waals surface area (Å²) >= 11 is 15.6. The van der Waals surface area contributed by atoms with Crippen molar-refractivity contribution in [2.24, 2.45) is 0 Å². The second-order valence-electron chi connectivity index (χ2n) is 3.50. The molecule has 0 bridgehead atoms. The molecule has 17 heavy (non-hydrogen) atoms. The first kappa shape index (κ1) is 13.0. The van der Waals surface area contributed by atoms with Crippen LogP contribution in [0.4, 0.5) is 0 Å². The standard InChI is InChI=1S/C12H10BrCl2NO/c1-16-12(9-5-6-10(13)17-9)11-7(14)3-2-4-8(11)15/h2-6,12,16H,1H3. The lowest BCUT2D eigenvalue weighted by Crippen LogP contribution is -2.17. The summed E-state index contributed by atoms with van der Waals surface area (Å²) in [6.07, 6.45) is 0. The molecule has 2 rings (SSSR count). The Kier molecular flexibility index (Phi) is 4.15. The van der Waals surface area contributed by atoms with Gasteiger partial charge < -0.3 is 9.73 Å². The largest absolute Gasteiger partial charge is 0.452 e. The number of furan rings is 1. The van der Waals surface area contributed by atoms with E-state index >= 15 is 0 Å². The van der Waals surface area contributed by atoms with Crippen molar-refractivity contribution in [2.75, 3.05) is 7.05 Å². The van der Waals surface area contributed by atoms with E-state index in [9.17, 15) is 0 Å². The number of halogens is 3. The van der Waals surface area contributed by atoms with E-state index in [4.69, 9.17) is 27.6 Å². The van der Waals surface area contributed by atoms with E-state index in [1.807, 2.05) is 37.4 Å². The van der Waals surface area contributed by atoms with E-state index in [1.165, 1.54) is 0 Å². The Balaban J connectivity index is 2.49. The van der Waals surface area contributed by atoms with Crippen LogP contribution in [0, 0.1) is 0 Å². The molecule has 0 saturated heterocycles. The maximum absolute atomic E-state index is 6.18. The van der Waals surface area contributed by atoms with Gasteiger partial charge in [0, 0.05) is 15.6 Å². The van der Waals surface area contributed by atoms with Crippen LogP contribution in [0.3, 0.4) is 0 Å². The van der Waals surface area contributed by atoms with Crippen LogP contribution in [0.15, 0.2) is 39.4 Å². The third-order valence-electron chi connectivity index (χ3n) is 2.46. The Hall–Kier alpha value is -0.480. The molecule has 0 spiro atoms. The van der Waals surface area contributed by atoms with Gasteiger partial charge in [-0.3, -0.25) is 0 Å². The molecule has 1 aromatic carbocycles. The normalized spacial score (nSPS) is 12.7. The molecule has 5 heteroatoms. The van der Waals surface area contributed by atoms with Crippen LogP contribution in [0.1, 0.15) is 17.4 Å². The van der Waals surface area contributed by atoms with E-state index in [2.05, 4.69) is 21.2 Å². The molecule has 1 unspecified atom stereocenters. The average molecular weight is 335 g/mol. The molecule has 0 amide bonds. The zero-order chi connectivity index (χ0) is 12.4. The van der Waals surface area contributed by atoms with Crippen molar-refractivity contribution in [3.05, 3.63) is 56.4 Å². The van der Waals surface area contributed by atoms with E-state index in [0.717, 1.165) is 11.3 Å². The molecule has 0 fully saturated rings. The van der Waals surface area contributed by atoms with Gasteiger partial charge in [-0.05, 0) is 47.2 Å². The monoisotopic (exact) mass is 333 g/mol. The lowest BCUT2D eigenvalue weighted by Gasteiger charge is -2.17. The quantitative estimate of drug-likeness (QED) is 0.883. The van der Waals surface area contributed by atoms with Gasteiger partial charge in [0.2, 0.25) is 0 Å². The third-order valence-corrected chi connectivity index (χ3v) is 3.54. The van der Waals surface area contributed by atoms with Crippen LogP contribution >= 0.6 is 39.1 Å². The van der Waals surface area contributed by atoms with Gasteiger partial charge in [0.15, 0.2) is 4.67 Å². The minimum Gasteiger partial charge on any atom is -0.452 e. The van der Waals surface area contributed by atoms with Crippen molar-refractivity contribution in [3.8, 4) is 0 Å². The Bertz CT molecular complexity index is 507. The summed E-state index contributed by atoms with van der Waals surface area (Å²) in [4.78, 5) is 0. The second kappa shape index (κ2) is 5.44. The number of hydrogen-bond donors (Lipinski definition) is 1. The van der Waals surface area contributed by atoms with Crippen LogP contribution < -0.4 is 5.32 Å². The molecule has 0 aliphatic rings. The molecule has 0 radical (unpaired) electrons. The number of benzene rings is 1. The average Bonchev–Trinajstić information content (AvgIpc) is 2.70. The van der Waals surface area contributed by atoms with E-state index in [0.29, 0.717) is 14.7 Å².